The molecule has 11 heteroatoms. The van der Waals surface area contributed by atoms with Gasteiger partial charge in [0.15, 0.2) is 23.0 Å². The molecule has 0 saturated carbocycles. The average Bonchev–Trinajstić information content (AvgIpc) is 2.76. The fourth-order valence-electron chi connectivity index (χ4n) is 2.79. The number of halogens is 2. The van der Waals surface area contributed by atoms with Crippen LogP contribution in [0, 0.1) is 0 Å². The number of ether oxygens (including phenoxy) is 4. The highest BCUT2D eigenvalue weighted by atomic mass is 35.5. The largest absolute Gasteiger partial charge is 0.497 e. The first-order chi connectivity index (χ1) is 15.7. The number of nitrogens with zero attached hydrogens (tertiary/aromatic N) is 2. The van der Waals surface area contributed by atoms with E-state index in [9.17, 15) is 9.59 Å². The third-order valence-electron chi connectivity index (χ3n) is 4.22. The lowest BCUT2D eigenvalue weighted by Crippen LogP contribution is -2.31. The number of anilines is 1. The van der Waals surface area contributed by atoms with Crippen molar-refractivity contribution in [1.29, 1.82) is 0 Å². The van der Waals surface area contributed by atoms with Crippen LogP contribution in [-0.4, -0.2) is 45.2 Å². The van der Waals surface area contributed by atoms with Crippen LogP contribution in [0.3, 0.4) is 0 Å². The van der Waals surface area contributed by atoms with E-state index >= 15 is 0 Å². The molecule has 0 saturated heterocycles. The number of carbonyl (C=O) groups excluding carboxylic acids is 2. The molecule has 1 unspecified atom stereocenters. The van der Waals surface area contributed by atoms with E-state index in [0.717, 1.165) is 0 Å². The molecule has 2 aromatic carbocycles. The standard InChI is InChI=1S/C22H25Cl2N3O6/c1-6-32-18-9-13(8-15(23)21(18)33-7-2)25-22(29)19(12(3)28)27-26-17-11-14(30-4)10-16(24)20(17)31-5/h8-11,19H,6-7H2,1-5H3,(H,25,29). The van der Waals surface area contributed by atoms with Crippen LogP contribution < -0.4 is 24.3 Å². The summed E-state index contributed by atoms with van der Waals surface area (Å²) in [6.07, 6.45) is 0. The molecule has 33 heavy (non-hydrogen) atoms. The topological polar surface area (TPSA) is 108 Å². The number of hydrogen-bond donors (Lipinski definition) is 1. The Hall–Kier alpha value is -3.04. The lowest BCUT2D eigenvalue weighted by atomic mass is 10.2. The fourth-order valence-corrected chi connectivity index (χ4v) is 3.33. The van der Waals surface area contributed by atoms with Crippen molar-refractivity contribution in [3.8, 4) is 23.0 Å². The van der Waals surface area contributed by atoms with Crippen molar-refractivity contribution in [3.05, 3.63) is 34.3 Å². The van der Waals surface area contributed by atoms with Crippen LogP contribution in [0.1, 0.15) is 20.8 Å². The molecule has 0 aliphatic heterocycles. The quantitative estimate of drug-likeness (QED) is 0.324. The molecule has 1 atom stereocenters. The zero-order chi connectivity index (χ0) is 24.5. The number of ketones is 1. The number of hydrogen-bond acceptors (Lipinski definition) is 8. The SMILES string of the molecule is CCOc1cc(NC(=O)C(N=Nc2cc(OC)cc(Cl)c2OC)C(C)=O)cc(Cl)c1OCC. The molecular weight excluding hydrogens is 473 g/mol. The second kappa shape index (κ2) is 12.3. The Kier molecular flexibility index (Phi) is 9.74. The van der Waals surface area contributed by atoms with E-state index in [1.165, 1.54) is 33.3 Å². The Bertz CT molecular complexity index is 1050. The van der Waals surface area contributed by atoms with Crippen molar-refractivity contribution in [3.63, 3.8) is 0 Å². The van der Waals surface area contributed by atoms with Gasteiger partial charge in [-0.1, -0.05) is 23.2 Å². The van der Waals surface area contributed by atoms with Gasteiger partial charge in [-0.3, -0.25) is 9.59 Å². The molecule has 0 aliphatic rings. The van der Waals surface area contributed by atoms with Gasteiger partial charge in [0.25, 0.3) is 5.91 Å². The van der Waals surface area contributed by atoms with Gasteiger partial charge in [-0.15, -0.1) is 0 Å². The van der Waals surface area contributed by atoms with Crippen LogP contribution in [0.25, 0.3) is 0 Å². The first kappa shape index (κ1) is 26.2. The summed E-state index contributed by atoms with van der Waals surface area (Å²) < 4.78 is 21.5. The van der Waals surface area contributed by atoms with Gasteiger partial charge in [-0.25, -0.2) is 0 Å². The van der Waals surface area contributed by atoms with Gasteiger partial charge in [0.2, 0.25) is 6.04 Å². The van der Waals surface area contributed by atoms with Gasteiger partial charge >= 0.3 is 0 Å². The molecular formula is C22H25Cl2N3O6. The number of carbonyl (C=O) groups is 2. The molecule has 1 amide bonds. The van der Waals surface area contributed by atoms with Crippen molar-refractivity contribution in [2.75, 3.05) is 32.8 Å². The first-order valence-electron chi connectivity index (χ1n) is 9.98. The highest BCUT2D eigenvalue weighted by molar-refractivity contribution is 6.33. The van der Waals surface area contributed by atoms with Crippen LogP contribution >= 0.6 is 23.2 Å². The summed E-state index contributed by atoms with van der Waals surface area (Å²) in [6, 6.07) is 4.67. The number of amides is 1. The zero-order valence-electron chi connectivity index (χ0n) is 18.9. The molecule has 0 spiro atoms. The van der Waals surface area contributed by atoms with Crippen LogP contribution in [-0.2, 0) is 9.59 Å². The lowest BCUT2D eigenvalue weighted by molar-refractivity contribution is -0.126. The number of benzene rings is 2. The fraction of sp³-hybridized carbons (Fsp3) is 0.364. The minimum Gasteiger partial charge on any atom is -0.497 e. The summed E-state index contributed by atoms with van der Waals surface area (Å²) >= 11 is 12.5. The van der Waals surface area contributed by atoms with E-state index in [0.29, 0.717) is 36.1 Å². The molecule has 0 radical (unpaired) electrons. The van der Waals surface area contributed by atoms with E-state index in [1.807, 2.05) is 6.92 Å². The molecule has 0 bridgehead atoms. The predicted octanol–water partition coefficient (Wildman–Crippen LogP) is 5.49. The normalized spacial score (nSPS) is 11.7. The van der Waals surface area contributed by atoms with E-state index in [4.69, 9.17) is 42.1 Å². The maximum absolute atomic E-state index is 12.8. The Morgan fingerprint density at radius 1 is 0.970 bits per heavy atom. The summed E-state index contributed by atoms with van der Waals surface area (Å²) in [5, 5.41) is 11.0. The Morgan fingerprint density at radius 2 is 1.64 bits per heavy atom. The highest BCUT2D eigenvalue weighted by Crippen LogP contribution is 2.40. The number of Topliss-reactive ketones (excluding diaryl/α,β-unsaturated/α-hetero) is 1. The van der Waals surface area contributed by atoms with Gasteiger partial charge in [0.1, 0.15) is 11.4 Å². The Morgan fingerprint density at radius 3 is 2.21 bits per heavy atom. The number of methoxy groups -OCH3 is 2. The van der Waals surface area contributed by atoms with Crippen molar-refractivity contribution < 1.29 is 28.5 Å². The number of nitrogens with one attached hydrogen (secondary N) is 1. The predicted molar refractivity (Wildman–Crippen MR) is 126 cm³/mol. The van der Waals surface area contributed by atoms with Crippen LogP contribution in [0.2, 0.25) is 10.0 Å². The Labute approximate surface area is 202 Å². The molecule has 9 nitrogen and oxygen atoms in total. The summed E-state index contributed by atoms with van der Waals surface area (Å²) in [6.45, 7) is 5.60. The molecule has 178 valence electrons. The summed E-state index contributed by atoms with van der Waals surface area (Å²) in [5.74, 6) is 0.130. The van der Waals surface area contributed by atoms with Crippen LogP contribution in [0.4, 0.5) is 11.4 Å². The third kappa shape index (κ3) is 6.72. The third-order valence-corrected chi connectivity index (χ3v) is 4.78. The number of rotatable bonds is 11. The second-order valence-electron chi connectivity index (χ2n) is 6.53. The summed E-state index contributed by atoms with van der Waals surface area (Å²) in [4.78, 5) is 25.0. The number of azo groups is 1. The van der Waals surface area contributed by atoms with Gasteiger partial charge < -0.3 is 24.3 Å². The van der Waals surface area contributed by atoms with E-state index < -0.39 is 17.7 Å². The summed E-state index contributed by atoms with van der Waals surface area (Å²) in [7, 11) is 2.87. The van der Waals surface area contributed by atoms with Gasteiger partial charge in [-0.05, 0) is 26.8 Å². The molecule has 0 aliphatic carbocycles. The highest BCUT2D eigenvalue weighted by Gasteiger charge is 2.25. The van der Waals surface area contributed by atoms with Crippen molar-refractivity contribution in [2.45, 2.75) is 26.8 Å². The van der Waals surface area contributed by atoms with Crippen LogP contribution in [0.5, 0.6) is 23.0 Å². The molecule has 1 N–H and O–H groups in total. The van der Waals surface area contributed by atoms with Crippen molar-refractivity contribution in [1.82, 2.24) is 0 Å². The maximum atomic E-state index is 12.8. The lowest BCUT2D eigenvalue weighted by Gasteiger charge is -2.15. The molecule has 2 rings (SSSR count). The van der Waals surface area contributed by atoms with Crippen molar-refractivity contribution in [2.24, 2.45) is 10.2 Å². The monoisotopic (exact) mass is 497 g/mol. The molecule has 0 heterocycles. The van der Waals surface area contributed by atoms with E-state index in [1.54, 1.807) is 19.1 Å². The minimum atomic E-state index is -1.43. The first-order valence-corrected chi connectivity index (χ1v) is 10.7. The van der Waals surface area contributed by atoms with E-state index in [-0.39, 0.29) is 21.5 Å². The average molecular weight is 498 g/mol. The molecule has 0 aromatic heterocycles. The zero-order valence-corrected chi connectivity index (χ0v) is 20.4. The van der Waals surface area contributed by atoms with Gasteiger partial charge in [0, 0.05) is 23.9 Å². The van der Waals surface area contributed by atoms with Gasteiger partial charge in [0.05, 0.1) is 37.5 Å². The minimum absolute atomic E-state index is 0.198. The smallest absolute Gasteiger partial charge is 0.258 e. The maximum Gasteiger partial charge on any atom is 0.258 e. The van der Waals surface area contributed by atoms with E-state index in [2.05, 4.69) is 15.5 Å². The second-order valence-corrected chi connectivity index (χ2v) is 7.35. The van der Waals surface area contributed by atoms with Gasteiger partial charge in [-0.2, -0.15) is 10.2 Å². The summed E-state index contributed by atoms with van der Waals surface area (Å²) in [5.41, 5.74) is 0.504. The van der Waals surface area contributed by atoms with Crippen molar-refractivity contribution >= 4 is 46.3 Å². The van der Waals surface area contributed by atoms with Crippen LogP contribution in [0.15, 0.2) is 34.5 Å². The molecule has 0 fully saturated rings. The Balaban J connectivity index is 2.34. The molecule has 2 aromatic rings.